The van der Waals surface area contributed by atoms with Crippen molar-refractivity contribution < 1.29 is 9.53 Å². The number of methoxy groups -OCH3 is 1. The van der Waals surface area contributed by atoms with Gasteiger partial charge in [0.1, 0.15) is 10.8 Å². The van der Waals surface area contributed by atoms with Gasteiger partial charge in [0, 0.05) is 11.3 Å². The Bertz CT molecular complexity index is 967. The van der Waals surface area contributed by atoms with E-state index in [1.165, 1.54) is 0 Å². The van der Waals surface area contributed by atoms with Crippen molar-refractivity contribution in [1.82, 2.24) is 15.6 Å². The van der Waals surface area contributed by atoms with E-state index in [0.29, 0.717) is 5.56 Å². The number of carbonyl (C=O) groups excluding carboxylic acids is 1. The van der Waals surface area contributed by atoms with Crippen LogP contribution in [0.15, 0.2) is 58.0 Å². The molecule has 0 radical (unpaired) electrons. The second-order valence-corrected chi connectivity index (χ2v) is 8.34. The van der Waals surface area contributed by atoms with Crippen molar-refractivity contribution in [2.75, 3.05) is 7.11 Å². The molecule has 0 saturated heterocycles. The van der Waals surface area contributed by atoms with Crippen LogP contribution in [0.4, 0.5) is 0 Å². The summed E-state index contributed by atoms with van der Waals surface area (Å²) in [6, 6.07) is 15.0. The second-order valence-electron chi connectivity index (χ2n) is 5.94. The molecule has 28 heavy (non-hydrogen) atoms. The number of amides is 1. The highest BCUT2D eigenvalue weighted by Crippen LogP contribution is 2.25. The number of carbonyl (C=O) groups is 1. The summed E-state index contributed by atoms with van der Waals surface area (Å²) in [5.41, 5.74) is 5.92. The molecule has 3 aromatic rings. The molecule has 0 aliphatic carbocycles. The average Bonchev–Trinajstić information content (AvgIpc) is 3.16. The summed E-state index contributed by atoms with van der Waals surface area (Å²) in [5.74, 6) is 1.32. The minimum atomic E-state index is -0.244. The van der Waals surface area contributed by atoms with Crippen LogP contribution in [0.25, 0.3) is 0 Å². The molecule has 0 saturated carbocycles. The Morgan fingerprint density at radius 3 is 2.39 bits per heavy atom. The van der Waals surface area contributed by atoms with Crippen molar-refractivity contribution in [3.8, 4) is 5.75 Å². The predicted molar refractivity (Wildman–Crippen MR) is 113 cm³/mol. The summed E-state index contributed by atoms with van der Waals surface area (Å²) in [5, 5.41) is 13.2. The van der Waals surface area contributed by atoms with E-state index in [0.717, 1.165) is 37.7 Å². The Morgan fingerprint density at radius 2 is 1.79 bits per heavy atom. The van der Waals surface area contributed by atoms with E-state index < -0.39 is 0 Å². The fourth-order valence-corrected chi connectivity index (χ4v) is 4.10. The predicted octanol–water partition coefficient (Wildman–Crippen LogP) is 4.30. The van der Waals surface area contributed by atoms with Crippen molar-refractivity contribution in [1.29, 1.82) is 0 Å². The van der Waals surface area contributed by atoms with E-state index in [1.54, 1.807) is 42.3 Å². The number of hydrogen-bond donors (Lipinski definition) is 1. The van der Waals surface area contributed by atoms with Crippen LogP contribution in [-0.2, 0) is 5.75 Å². The molecular weight excluding hydrogens is 392 g/mol. The summed E-state index contributed by atoms with van der Waals surface area (Å²) in [7, 11) is 1.62. The van der Waals surface area contributed by atoms with Gasteiger partial charge in [0.25, 0.3) is 5.91 Å². The Morgan fingerprint density at radius 1 is 1.11 bits per heavy atom. The first-order chi connectivity index (χ1) is 13.5. The largest absolute Gasteiger partial charge is 0.497 e. The number of rotatable bonds is 7. The molecule has 8 heteroatoms. The van der Waals surface area contributed by atoms with Crippen molar-refractivity contribution in [3.63, 3.8) is 0 Å². The highest BCUT2D eigenvalue weighted by atomic mass is 32.2. The van der Waals surface area contributed by atoms with Gasteiger partial charge in [-0.3, -0.25) is 4.79 Å². The lowest BCUT2D eigenvalue weighted by molar-refractivity contribution is 0.0955. The number of aromatic nitrogens is 2. The van der Waals surface area contributed by atoms with Crippen LogP contribution in [0.3, 0.4) is 0 Å². The van der Waals surface area contributed by atoms with Crippen LogP contribution in [0.5, 0.6) is 5.75 Å². The summed E-state index contributed by atoms with van der Waals surface area (Å²) < 4.78 is 6.09. The normalized spacial score (nSPS) is 11.3. The third-order valence-corrected chi connectivity index (χ3v) is 5.96. The molecule has 6 nitrogen and oxygen atoms in total. The van der Waals surface area contributed by atoms with Gasteiger partial charge in [-0.25, -0.2) is 5.43 Å². The van der Waals surface area contributed by atoms with Crippen LogP contribution in [-0.4, -0.2) is 28.9 Å². The molecule has 0 fully saturated rings. The van der Waals surface area contributed by atoms with Gasteiger partial charge in [-0.15, -0.1) is 10.2 Å². The molecule has 1 aromatic heterocycles. The molecular formula is C20H20N4O2S2. The zero-order valence-corrected chi connectivity index (χ0v) is 17.4. The minimum absolute atomic E-state index is 0.244. The Balaban J connectivity index is 1.56. The second kappa shape index (κ2) is 9.48. The quantitative estimate of drug-likeness (QED) is 0.356. The summed E-state index contributed by atoms with van der Waals surface area (Å²) in [6.07, 6.45) is 0. The molecule has 0 unspecified atom stereocenters. The van der Waals surface area contributed by atoms with E-state index >= 15 is 0 Å². The van der Waals surface area contributed by atoms with E-state index in [1.807, 2.05) is 50.2 Å². The Labute approximate surface area is 172 Å². The van der Waals surface area contributed by atoms with E-state index in [4.69, 9.17) is 4.74 Å². The van der Waals surface area contributed by atoms with Crippen LogP contribution >= 0.6 is 23.1 Å². The van der Waals surface area contributed by atoms with Gasteiger partial charge in [-0.05, 0) is 61.4 Å². The van der Waals surface area contributed by atoms with Gasteiger partial charge in [0.05, 0.1) is 12.8 Å². The van der Waals surface area contributed by atoms with E-state index in [-0.39, 0.29) is 5.91 Å². The molecule has 144 valence electrons. The maximum atomic E-state index is 12.3. The zero-order chi connectivity index (χ0) is 19.9. The molecule has 3 rings (SSSR count). The smallest absolute Gasteiger partial charge is 0.271 e. The third-order valence-electron chi connectivity index (χ3n) is 3.92. The van der Waals surface area contributed by atoms with Gasteiger partial charge in [-0.2, -0.15) is 5.10 Å². The number of hydrogen-bond acceptors (Lipinski definition) is 7. The van der Waals surface area contributed by atoms with Gasteiger partial charge >= 0.3 is 0 Å². The number of nitrogens with one attached hydrogen (secondary N) is 1. The highest BCUT2D eigenvalue weighted by Gasteiger charge is 2.07. The lowest BCUT2D eigenvalue weighted by Crippen LogP contribution is -2.19. The zero-order valence-electron chi connectivity index (χ0n) is 15.8. The average molecular weight is 413 g/mol. The maximum absolute atomic E-state index is 12.3. The number of nitrogens with zero attached hydrogens (tertiary/aromatic N) is 3. The molecule has 0 aliphatic rings. The lowest BCUT2D eigenvalue weighted by Gasteiger charge is -2.05. The number of hydrazone groups is 1. The van der Waals surface area contributed by atoms with Crippen LogP contribution < -0.4 is 10.2 Å². The Kier molecular flexibility index (Phi) is 6.78. The molecule has 0 aliphatic heterocycles. The van der Waals surface area contributed by atoms with Crippen molar-refractivity contribution in [2.45, 2.75) is 23.9 Å². The first-order valence-corrected chi connectivity index (χ1v) is 10.4. The lowest BCUT2D eigenvalue weighted by atomic mass is 10.1. The summed E-state index contributed by atoms with van der Waals surface area (Å²) >= 11 is 3.22. The van der Waals surface area contributed by atoms with Crippen molar-refractivity contribution >= 4 is 34.7 Å². The van der Waals surface area contributed by atoms with Gasteiger partial charge in [-0.1, -0.05) is 35.2 Å². The molecule has 0 spiro atoms. The van der Waals surface area contributed by atoms with Crippen LogP contribution in [0.1, 0.15) is 33.4 Å². The van der Waals surface area contributed by atoms with Crippen LogP contribution in [0.2, 0.25) is 0 Å². The topological polar surface area (TPSA) is 76.5 Å². The number of benzene rings is 2. The number of ether oxygens (including phenoxy) is 1. The number of thioether (sulfide) groups is 1. The van der Waals surface area contributed by atoms with Gasteiger partial charge < -0.3 is 4.74 Å². The first-order valence-electron chi connectivity index (χ1n) is 8.56. The molecule has 0 atom stereocenters. The summed E-state index contributed by atoms with van der Waals surface area (Å²) in [4.78, 5) is 12.3. The monoisotopic (exact) mass is 412 g/mol. The van der Waals surface area contributed by atoms with Crippen molar-refractivity contribution in [3.05, 3.63) is 70.2 Å². The molecule has 1 amide bonds. The fraction of sp³-hybridized carbons (Fsp3) is 0.200. The molecule has 1 heterocycles. The minimum Gasteiger partial charge on any atom is -0.497 e. The SMILES string of the molecule is COc1ccc(/C(C)=N/NC(=O)c2ccc(CSc3nnc(C)s3)cc2)cc1. The molecule has 2 aromatic carbocycles. The van der Waals surface area contributed by atoms with E-state index in [9.17, 15) is 4.79 Å². The summed E-state index contributed by atoms with van der Waals surface area (Å²) in [6.45, 7) is 3.78. The van der Waals surface area contributed by atoms with E-state index in [2.05, 4.69) is 20.7 Å². The van der Waals surface area contributed by atoms with Gasteiger partial charge in [0.2, 0.25) is 0 Å². The first kappa shape index (κ1) is 20.0. The van der Waals surface area contributed by atoms with Gasteiger partial charge in [0.15, 0.2) is 4.34 Å². The standard InChI is InChI=1S/C20H20N4O2S2/c1-13(16-8-10-18(26-3)11-9-16)21-23-19(25)17-6-4-15(5-7-17)12-27-20-24-22-14(2)28-20/h4-11H,12H2,1-3H3,(H,23,25)/b21-13+. The highest BCUT2D eigenvalue weighted by molar-refractivity contribution is 8.00. The van der Waals surface area contributed by atoms with Crippen molar-refractivity contribution in [2.24, 2.45) is 5.10 Å². The Hall–Kier alpha value is -2.71. The van der Waals surface area contributed by atoms with Crippen LogP contribution in [0, 0.1) is 6.92 Å². The molecule has 1 N–H and O–H groups in total. The number of aryl methyl sites for hydroxylation is 1. The maximum Gasteiger partial charge on any atom is 0.271 e. The third kappa shape index (κ3) is 5.40. The fourth-order valence-electron chi connectivity index (χ4n) is 2.33. The molecule has 0 bridgehead atoms.